The third-order valence-corrected chi connectivity index (χ3v) is 10.8. The first-order chi connectivity index (χ1) is 25.9. The Morgan fingerprint density at radius 3 is 2.23 bits per heavy atom. The molecule has 0 N–H and O–H groups in total. The summed E-state index contributed by atoms with van der Waals surface area (Å²) < 4.78 is 2.28. The van der Waals surface area contributed by atoms with Gasteiger partial charge in [-0.15, -0.1) is 0 Å². The summed E-state index contributed by atoms with van der Waals surface area (Å²) in [5, 5.41) is 28.9. The van der Waals surface area contributed by atoms with Crippen LogP contribution in [0.3, 0.4) is 0 Å². The fourth-order valence-electron chi connectivity index (χ4n) is 7.63. The van der Waals surface area contributed by atoms with Gasteiger partial charge in [-0.25, -0.2) is 0 Å². The highest BCUT2D eigenvalue weighted by Crippen LogP contribution is 2.38. The normalized spacial score (nSPS) is 16.1. The van der Waals surface area contributed by atoms with Crippen molar-refractivity contribution >= 4 is 73.8 Å². The Labute approximate surface area is 315 Å². The number of aromatic nitrogens is 1. The molecule has 1 aromatic heterocycles. The average Bonchev–Trinajstić information content (AvgIpc) is 3.17. The van der Waals surface area contributed by atoms with Crippen LogP contribution in [0.15, 0.2) is 131 Å². The van der Waals surface area contributed by atoms with Crippen LogP contribution in [0, 0.1) is 0 Å². The standard InChI is InChI=1S/C46H43ClN2O4/c47-46-34(18-22-36-24-26-40-38-14-3-1-10-32(38)20-28-42(40)48(36)30-7-5-16-44(50)51)12-9-13-35(46)19-23-37-25-27-41-39-15-4-2-11-33(39)21-29-43(41)49(37)31-8-6-17-45(52)53/h1-4,10-11,14-15,18-29H,5-9,12-13,16-17,30-31H2,(H-,50,51,52,53)/p-1. The summed E-state index contributed by atoms with van der Waals surface area (Å²) >= 11 is 7.15. The second-order valence-corrected chi connectivity index (χ2v) is 14.2. The van der Waals surface area contributed by atoms with Crippen LogP contribution in [0.25, 0.3) is 44.6 Å². The number of unbranched alkanes of at least 4 members (excludes halogenated alkanes) is 2. The smallest absolute Gasteiger partial charge is 0.213 e. The fourth-order valence-corrected chi connectivity index (χ4v) is 7.95. The van der Waals surface area contributed by atoms with E-state index in [1.54, 1.807) is 0 Å². The summed E-state index contributed by atoms with van der Waals surface area (Å²) in [4.78, 5) is 24.5. The molecule has 2 heterocycles. The number of benzene rings is 4. The lowest BCUT2D eigenvalue weighted by atomic mass is 9.93. The molecule has 0 bridgehead atoms. The number of carbonyl (C=O) groups excluding carboxylic acids is 2. The maximum atomic E-state index is 11.1. The number of carboxylic acids is 2. The second-order valence-electron chi connectivity index (χ2n) is 13.8. The number of nitrogens with zero attached hydrogens (tertiary/aromatic N) is 2. The van der Waals surface area contributed by atoms with Crippen LogP contribution in [-0.4, -0.2) is 18.5 Å². The van der Waals surface area contributed by atoms with E-state index >= 15 is 0 Å². The van der Waals surface area contributed by atoms with E-state index in [2.05, 4.69) is 119 Å². The molecular formula is C46H42ClN2O4-. The highest BCUT2D eigenvalue weighted by molar-refractivity contribution is 6.32. The van der Waals surface area contributed by atoms with E-state index in [1.807, 2.05) is 12.1 Å². The molecule has 6 nitrogen and oxygen atoms in total. The first-order valence-electron chi connectivity index (χ1n) is 18.6. The van der Waals surface area contributed by atoms with Crippen molar-refractivity contribution in [3.8, 4) is 0 Å². The van der Waals surface area contributed by atoms with Crippen molar-refractivity contribution in [1.29, 1.82) is 0 Å². The minimum atomic E-state index is -1.02. The largest absolute Gasteiger partial charge is 0.550 e. The first kappa shape index (κ1) is 35.9. The van der Waals surface area contributed by atoms with Crippen molar-refractivity contribution < 1.29 is 24.4 Å². The van der Waals surface area contributed by atoms with E-state index < -0.39 is 11.9 Å². The van der Waals surface area contributed by atoms with Gasteiger partial charge in [-0.05, 0) is 114 Å². The van der Waals surface area contributed by atoms with Crippen LogP contribution in [0.5, 0.6) is 0 Å². The maximum Gasteiger partial charge on any atom is 0.213 e. The third-order valence-electron chi connectivity index (χ3n) is 10.3. The molecule has 0 saturated heterocycles. The van der Waals surface area contributed by atoms with Gasteiger partial charge in [0, 0.05) is 65.1 Å². The molecule has 268 valence electrons. The maximum absolute atomic E-state index is 11.1. The fraction of sp³-hybridized carbons (Fsp3) is 0.239. The lowest BCUT2D eigenvalue weighted by molar-refractivity contribution is -0.673. The Balaban J connectivity index is 1.19. The number of anilines is 1. The summed E-state index contributed by atoms with van der Waals surface area (Å²) in [6.45, 7) is 1.37. The number of hydrogen-bond acceptors (Lipinski definition) is 5. The summed E-state index contributed by atoms with van der Waals surface area (Å²) in [6.07, 6.45) is 18.2. The second kappa shape index (κ2) is 16.5. The number of carbonyl (C=O) groups is 2. The Morgan fingerprint density at radius 2 is 1.43 bits per heavy atom. The van der Waals surface area contributed by atoms with E-state index in [-0.39, 0.29) is 12.8 Å². The highest BCUT2D eigenvalue weighted by Gasteiger charge is 2.21. The van der Waals surface area contributed by atoms with E-state index in [9.17, 15) is 19.8 Å². The Hall–Kier alpha value is -5.46. The molecule has 0 fully saturated rings. The summed E-state index contributed by atoms with van der Waals surface area (Å²) in [6, 6.07) is 29.6. The minimum absolute atomic E-state index is 0.0482. The lowest BCUT2D eigenvalue weighted by Crippen LogP contribution is -2.38. The van der Waals surface area contributed by atoms with E-state index in [4.69, 9.17) is 11.6 Å². The Kier molecular flexibility index (Phi) is 11.2. The number of fused-ring (bicyclic) bond motifs is 6. The summed E-state index contributed by atoms with van der Waals surface area (Å²) in [7, 11) is 0. The van der Waals surface area contributed by atoms with Gasteiger partial charge in [-0.3, -0.25) is 0 Å². The number of aliphatic carboxylic acids is 2. The van der Waals surface area contributed by atoms with Crippen molar-refractivity contribution in [2.24, 2.45) is 0 Å². The number of allylic oxidation sites excluding steroid dienone is 7. The molecule has 5 aromatic rings. The Morgan fingerprint density at radius 1 is 0.717 bits per heavy atom. The van der Waals surface area contributed by atoms with Crippen molar-refractivity contribution in [2.75, 3.05) is 11.4 Å². The molecule has 4 aromatic carbocycles. The zero-order chi connectivity index (χ0) is 36.7. The van der Waals surface area contributed by atoms with Gasteiger partial charge in [0.2, 0.25) is 11.2 Å². The average molecular weight is 722 g/mol. The number of hydrogen-bond donors (Lipinski definition) is 0. The van der Waals surface area contributed by atoms with Gasteiger partial charge >= 0.3 is 0 Å². The number of halogens is 1. The molecule has 1 aliphatic heterocycles. The third kappa shape index (κ3) is 8.13. The summed E-state index contributed by atoms with van der Waals surface area (Å²) in [5.41, 5.74) is 7.60. The van der Waals surface area contributed by atoms with Crippen LogP contribution in [0.1, 0.15) is 69.0 Å². The topological polar surface area (TPSA) is 87.4 Å². The summed E-state index contributed by atoms with van der Waals surface area (Å²) in [5.74, 6) is -2.03. The molecule has 0 unspecified atom stereocenters. The molecule has 7 rings (SSSR count). The molecular weight excluding hydrogens is 680 g/mol. The lowest BCUT2D eigenvalue weighted by Gasteiger charge is -2.31. The van der Waals surface area contributed by atoms with Crippen molar-refractivity contribution in [3.05, 3.63) is 142 Å². The van der Waals surface area contributed by atoms with Crippen molar-refractivity contribution in [2.45, 2.75) is 64.3 Å². The monoisotopic (exact) mass is 721 g/mol. The first-order valence-corrected chi connectivity index (χ1v) is 18.9. The van der Waals surface area contributed by atoms with Crippen LogP contribution < -0.4 is 19.7 Å². The quantitative estimate of drug-likeness (QED) is 0.0694. The predicted molar refractivity (Wildman–Crippen MR) is 212 cm³/mol. The predicted octanol–water partition coefficient (Wildman–Crippen LogP) is 8.31. The molecule has 0 spiro atoms. The molecule has 0 radical (unpaired) electrons. The molecule has 2 aliphatic rings. The molecule has 0 saturated carbocycles. The zero-order valence-corrected chi connectivity index (χ0v) is 30.5. The SMILES string of the molecule is O=C([O-])CCCCN1/C(=C/C=C2\CCCC(/C=C/c3ccc4c5ccccc5ccc4[n+]3CCCCC(=O)[O-])=C2Cl)C=Cc2c1ccc1ccccc21. The zero-order valence-electron chi connectivity index (χ0n) is 29.7. The van der Waals surface area contributed by atoms with Gasteiger partial charge in [0.25, 0.3) is 0 Å². The molecule has 0 amide bonds. The van der Waals surface area contributed by atoms with Gasteiger partial charge < -0.3 is 24.7 Å². The van der Waals surface area contributed by atoms with Crippen LogP contribution in [0.2, 0.25) is 0 Å². The van der Waals surface area contributed by atoms with Crippen LogP contribution in [-0.2, 0) is 16.1 Å². The van der Waals surface area contributed by atoms with Crippen molar-refractivity contribution in [3.63, 3.8) is 0 Å². The highest BCUT2D eigenvalue weighted by atomic mass is 35.5. The molecule has 7 heteroatoms. The van der Waals surface area contributed by atoms with Gasteiger partial charge in [-0.1, -0.05) is 84.4 Å². The molecule has 53 heavy (non-hydrogen) atoms. The van der Waals surface area contributed by atoms with Gasteiger partial charge in [-0.2, -0.15) is 4.57 Å². The van der Waals surface area contributed by atoms with E-state index in [0.717, 1.165) is 81.8 Å². The van der Waals surface area contributed by atoms with Crippen molar-refractivity contribution in [1.82, 2.24) is 0 Å². The molecule has 1 aliphatic carbocycles. The molecule has 0 atom stereocenters. The van der Waals surface area contributed by atoms with Gasteiger partial charge in [0.1, 0.15) is 6.54 Å². The van der Waals surface area contributed by atoms with Gasteiger partial charge in [0.15, 0.2) is 0 Å². The number of rotatable bonds is 13. The van der Waals surface area contributed by atoms with Gasteiger partial charge in [0.05, 0.1) is 5.39 Å². The Bertz CT molecular complexity index is 2370. The van der Waals surface area contributed by atoms with E-state index in [1.165, 1.54) is 21.5 Å². The van der Waals surface area contributed by atoms with E-state index in [0.29, 0.717) is 25.9 Å². The van der Waals surface area contributed by atoms with Crippen LogP contribution in [0.4, 0.5) is 5.69 Å². The number of pyridine rings is 1. The number of carboxylic acid groups (broad SMARTS) is 2. The van der Waals surface area contributed by atoms with Crippen LogP contribution >= 0.6 is 11.6 Å². The number of aryl methyl sites for hydroxylation is 1. The minimum Gasteiger partial charge on any atom is -0.550 e.